The third kappa shape index (κ3) is 4.25. The van der Waals surface area contributed by atoms with Crippen molar-refractivity contribution < 1.29 is 31.1 Å². The van der Waals surface area contributed by atoms with Gasteiger partial charge in [-0.2, -0.15) is 31.4 Å². The van der Waals surface area contributed by atoms with Crippen molar-refractivity contribution in [1.29, 1.82) is 0 Å². The van der Waals surface area contributed by atoms with Gasteiger partial charge in [-0.25, -0.2) is 0 Å². The molecule has 1 N–H and O–H groups in total. The van der Waals surface area contributed by atoms with Crippen molar-refractivity contribution in [1.82, 2.24) is 9.78 Å². The maximum absolute atomic E-state index is 13.1. The van der Waals surface area contributed by atoms with Gasteiger partial charge in [-0.15, -0.1) is 0 Å². The molecule has 27 heavy (non-hydrogen) atoms. The van der Waals surface area contributed by atoms with Crippen molar-refractivity contribution in [3.05, 3.63) is 46.8 Å². The second kappa shape index (κ2) is 6.90. The Morgan fingerprint density at radius 1 is 1.07 bits per heavy atom. The first kappa shape index (κ1) is 19.2. The highest BCUT2D eigenvalue weighted by Crippen LogP contribution is 2.36. The van der Waals surface area contributed by atoms with E-state index in [9.17, 15) is 31.1 Å². The molecule has 0 unspecified atom stereocenters. The molecule has 1 aromatic heterocycles. The highest BCUT2D eigenvalue weighted by Gasteiger charge is 2.39. The number of carbonyl (C=O) groups is 1. The number of hydrogen-bond donors (Lipinski definition) is 1. The van der Waals surface area contributed by atoms with Crippen LogP contribution in [0.25, 0.3) is 0 Å². The number of alkyl halides is 6. The molecule has 1 aliphatic carbocycles. The maximum Gasteiger partial charge on any atom is 0.435 e. The fourth-order valence-electron chi connectivity index (χ4n) is 3.14. The van der Waals surface area contributed by atoms with Crippen LogP contribution in [0.5, 0.6) is 0 Å². The van der Waals surface area contributed by atoms with Crippen LogP contribution in [-0.2, 0) is 36.5 Å². The lowest BCUT2D eigenvalue weighted by atomic mass is 9.95. The molecule has 0 aliphatic heterocycles. The number of aromatic nitrogens is 2. The van der Waals surface area contributed by atoms with E-state index >= 15 is 0 Å². The molecule has 146 valence electrons. The molecule has 0 spiro atoms. The van der Waals surface area contributed by atoms with Crippen LogP contribution in [0.2, 0.25) is 0 Å². The van der Waals surface area contributed by atoms with Crippen LogP contribution in [0, 0.1) is 0 Å². The molecule has 2 aromatic rings. The van der Waals surface area contributed by atoms with Gasteiger partial charge in [-0.3, -0.25) is 9.48 Å². The zero-order valence-electron chi connectivity index (χ0n) is 13.9. The quantitative estimate of drug-likeness (QED) is 0.787. The van der Waals surface area contributed by atoms with Crippen LogP contribution < -0.4 is 5.32 Å². The molecule has 0 atom stereocenters. The summed E-state index contributed by atoms with van der Waals surface area (Å²) in [7, 11) is 0. The second-order valence-corrected chi connectivity index (χ2v) is 6.26. The van der Waals surface area contributed by atoms with E-state index in [1.54, 1.807) is 0 Å². The Kier molecular flexibility index (Phi) is 4.92. The van der Waals surface area contributed by atoms with Crippen LogP contribution in [0.1, 0.15) is 35.4 Å². The summed E-state index contributed by atoms with van der Waals surface area (Å²) in [5.41, 5.74) is -1.57. The molecule has 0 saturated heterocycles. The average molecular weight is 391 g/mol. The molecule has 1 aliphatic rings. The van der Waals surface area contributed by atoms with Crippen LogP contribution in [0.3, 0.4) is 0 Å². The fraction of sp³-hybridized carbons (Fsp3) is 0.412. The summed E-state index contributed by atoms with van der Waals surface area (Å²) in [6.07, 6.45) is -7.29. The molecule has 4 nitrogen and oxygen atoms in total. The van der Waals surface area contributed by atoms with Crippen molar-refractivity contribution in [3.63, 3.8) is 0 Å². The summed E-state index contributed by atoms with van der Waals surface area (Å²) >= 11 is 0. The summed E-state index contributed by atoms with van der Waals surface area (Å²) in [6, 6.07) is 4.02. The van der Waals surface area contributed by atoms with Gasteiger partial charge in [0, 0.05) is 16.9 Å². The van der Waals surface area contributed by atoms with Crippen LogP contribution in [0.15, 0.2) is 24.3 Å². The molecule has 1 heterocycles. The van der Waals surface area contributed by atoms with E-state index in [1.165, 1.54) is 6.07 Å². The van der Waals surface area contributed by atoms with E-state index in [0.717, 1.165) is 22.9 Å². The fourth-order valence-corrected chi connectivity index (χ4v) is 3.14. The predicted octanol–water partition coefficient (Wildman–Crippen LogP) is 4.44. The summed E-state index contributed by atoms with van der Waals surface area (Å²) in [5.74, 6) is -0.751. The highest BCUT2D eigenvalue weighted by atomic mass is 19.4. The average Bonchev–Trinajstić information content (AvgIpc) is 2.93. The lowest BCUT2D eigenvalue weighted by Gasteiger charge is -2.15. The van der Waals surface area contributed by atoms with Crippen molar-refractivity contribution in [3.8, 4) is 0 Å². The van der Waals surface area contributed by atoms with Crippen molar-refractivity contribution >= 4 is 11.6 Å². The predicted molar refractivity (Wildman–Crippen MR) is 83.9 cm³/mol. The maximum atomic E-state index is 13.1. The van der Waals surface area contributed by atoms with E-state index in [2.05, 4.69) is 10.4 Å². The number of benzene rings is 1. The van der Waals surface area contributed by atoms with Gasteiger partial charge < -0.3 is 5.32 Å². The highest BCUT2D eigenvalue weighted by molar-refractivity contribution is 5.90. The number of halogens is 6. The van der Waals surface area contributed by atoms with Gasteiger partial charge in [-0.05, 0) is 43.9 Å². The molecule has 0 radical (unpaired) electrons. The first-order chi connectivity index (χ1) is 12.6. The van der Waals surface area contributed by atoms with Gasteiger partial charge in [0.15, 0.2) is 5.69 Å². The minimum absolute atomic E-state index is 0.0908. The third-order valence-corrected chi connectivity index (χ3v) is 4.29. The Labute approximate surface area is 150 Å². The minimum Gasteiger partial charge on any atom is -0.324 e. The first-order valence-corrected chi connectivity index (χ1v) is 8.18. The van der Waals surface area contributed by atoms with Gasteiger partial charge in [0.1, 0.15) is 6.54 Å². The molecule has 0 bridgehead atoms. The second-order valence-electron chi connectivity index (χ2n) is 6.26. The topological polar surface area (TPSA) is 46.9 Å². The molecule has 1 amide bonds. The normalized spacial score (nSPS) is 14.7. The summed E-state index contributed by atoms with van der Waals surface area (Å²) in [6.45, 7) is -0.505. The van der Waals surface area contributed by atoms with Gasteiger partial charge in [-0.1, -0.05) is 6.07 Å². The first-order valence-electron chi connectivity index (χ1n) is 8.18. The summed E-state index contributed by atoms with van der Waals surface area (Å²) < 4.78 is 78.6. The zero-order valence-corrected chi connectivity index (χ0v) is 13.9. The number of nitrogens with zero attached hydrogens (tertiary/aromatic N) is 2. The van der Waals surface area contributed by atoms with E-state index in [0.29, 0.717) is 25.0 Å². The number of fused-ring (bicyclic) bond motifs is 1. The Balaban J connectivity index is 1.80. The Bertz CT molecular complexity index is 853. The number of rotatable bonds is 3. The van der Waals surface area contributed by atoms with Crippen molar-refractivity contribution in [2.45, 2.75) is 44.6 Å². The minimum atomic E-state index is -4.62. The van der Waals surface area contributed by atoms with Gasteiger partial charge in [0.25, 0.3) is 0 Å². The van der Waals surface area contributed by atoms with E-state index in [4.69, 9.17) is 0 Å². The lowest BCUT2D eigenvalue weighted by Crippen LogP contribution is -2.22. The van der Waals surface area contributed by atoms with Gasteiger partial charge in [0.2, 0.25) is 5.91 Å². The van der Waals surface area contributed by atoms with Crippen LogP contribution in [-0.4, -0.2) is 15.7 Å². The Morgan fingerprint density at radius 2 is 1.78 bits per heavy atom. The number of anilines is 1. The van der Waals surface area contributed by atoms with Crippen LogP contribution >= 0.6 is 0 Å². The zero-order chi connectivity index (χ0) is 19.8. The van der Waals surface area contributed by atoms with E-state index in [1.807, 2.05) is 0 Å². The Morgan fingerprint density at radius 3 is 2.44 bits per heavy atom. The molecule has 0 saturated carbocycles. The van der Waals surface area contributed by atoms with Gasteiger partial charge in [0.05, 0.1) is 5.56 Å². The SMILES string of the molecule is O=C(Cn1nc(C(F)(F)F)c2c1CCCC2)Nc1cccc(C(F)(F)F)c1. The van der Waals surface area contributed by atoms with E-state index < -0.39 is 36.1 Å². The van der Waals surface area contributed by atoms with Crippen LogP contribution in [0.4, 0.5) is 32.0 Å². The number of amides is 1. The monoisotopic (exact) mass is 391 g/mol. The molecular formula is C17H15F6N3O. The van der Waals surface area contributed by atoms with Crippen molar-refractivity contribution in [2.24, 2.45) is 0 Å². The molecule has 3 rings (SSSR count). The smallest absolute Gasteiger partial charge is 0.324 e. The van der Waals surface area contributed by atoms with E-state index in [-0.39, 0.29) is 17.7 Å². The lowest BCUT2D eigenvalue weighted by molar-refractivity contribution is -0.142. The standard InChI is InChI=1S/C17H15F6N3O/c18-16(19,20)10-4-3-5-11(8-10)24-14(27)9-26-13-7-2-1-6-12(13)15(25-26)17(21,22)23/h3-5,8H,1-2,6-7,9H2,(H,24,27). The van der Waals surface area contributed by atoms with Gasteiger partial charge >= 0.3 is 12.4 Å². The van der Waals surface area contributed by atoms with Crippen molar-refractivity contribution in [2.75, 3.05) is 5.32 Å². The number of carbonyl (C=O) groups excluding carboxylic acids is 1. The molecule has 1 aromatic carbocycles. The molecular weight excluding hydrogens is 376 g/mol. The molecule has 10 heteroatoms. The number of hydrogen-bond acceptors (Lipinski definition) is 2. The largest absolute Gasteiger partial charge is 0.435 e. The summed E-state index contributed by atoms with van der Waals surface area (Å²) in [5, 5.41) is 5.83. The Hall–Kier alpha value is -2.52. The molecule has 0 fully saturated rings. The third-order valence-electron chi connectivity index (χ3n) is 4.29. The number of nitrogens with one attached hydrogen (secondary N) is 1. The summed E-state index contributed by atoms with van der Waals surface area (Å²) in [4.78, 5) is 12.2.